The van der Waals surface area contributed by atoms with Crippen molar-refractivity contribution >= 4 is 17.0 Å². The Balaban J connectivity index is 1.84. The molecule has 3 aromatic rings. The van der Waals surface area contributed by atoms with Crippen LogP contribution in [0.2, 0.25) is 0 Å². The largest absolute Gasteiger partial charge is 0.442 e. The van der Waals surface area contributed by atoms with Gasteiger partial charge in [0.2, 0.25) is 0 Å². The maximum absolute atomic E-state index is 12.7. The molecule has 0 amide bonds. The second kappa shape index (κ2) is 6.25. The number of carbonyl (C=O) groups is 1. The number of hydrogen-bond acceptors (Lipinski definition) is 4. The first-order valence-electron chi connectivity index (χ1n) is 8.96. The van der Waals surface area contributed by atoms with Crippen molar-refractivity contribution in [1.29, 1.82) is 0 Å². The fourth-order valence-electron chi connectivity index (χ4n) is 3.50. The highest BCUT2D eigenvalue weighted by Crippen LogP contribution is 2.32. The number of rotatable bonds is 1. The molecule has 4 rings (SSSR count). The van der Waals surface area contributed by atoms with Crippen molar-refractivity contribution in [3.8, 4) is 0 Å². The van der Waals surface area contributed by atoms with Gasteiger partial charge in [0, 0.05) is 11.9 Å². The minimum atomic E-state index is -0.569. The molecule has 134 valence electrons. The van der Waals surface area contributed by atoms with Crippen molar-refractivity contribution < 1.29 is 9.53 Å². The maximum atomic E-state index is 12.7. The number of carbonyl (C=O) groups excluding carboxylic acids is 1. The van der Waals surface area contributed by atoms with E-state index in [9.17, 15) is 4.79 Å². The molecule has 1 aromatic heterocycles. The van der Waals surface area contributed by atoms with Gasteiger partial charge in [0.05, 0.1) is 17.3 Å². The van der Waals surface area contributed by atoms with Gasteiger partial charge in [-0.25, -0.2) is 4.79 Å². The molecule has 0 saturated carbocycles. The van der Waals surface area contributed by atoms with Crippen molar-refractivity contribution in [2.75, 3.05) is 6.54 Å². The molecule has 0 spiro atoms. The Morgan fingerprint density at radius 2 is 1.88 bits per heavy atom. The van der Waals surface area contributed by atoms with Gasteiger partial charge >= 0.3 is 6.09 Å². The third-order valence-corrected chi connectivity index (χ3v) is 4.56. The van der Waals surface area contributed by atoms with Crippen LogP contribution in [0.15, 0.2) is 48.5 Å². The van der Waals surface area contributed by atoms with Crippen molar-refractivity contribution in [2.45, 2.75) is 38.8 Å². The molecule has 0 fully saturated rings. The monoisotopic (exact) mass is 349 g/mol. The summed E-state index contributed by atoms with van der Waals surface area (Å²) >= 11 is 0. The Labute approximate surface area is 153 Å². The number of benzene rings is 2. The number of ether oxygens (including phenoxy) is 1. The average molecular weight is 349 g/mol. The summed E-state index contributed by atoms with van der Waals surface area (Å²) in [5.74, 6) is 0. The minimum Gasteiger partial charge on any atom is -0.442 e. The van der Waals surface area contributed by atoms with Gasteiger partial charge in [0.1, 0.15) is 5.60 Å². The van der Waals surface area contributed by atoms with Gasteiger partial charge in [-0.05, 0) is 44.4 Å². The molecule has 0 saturated heterocycles. The fraction of sp³-hybridized carbons (Fsp3) is 0.333. The third kappa shape index (κ3) is 2.99. The van der Waals surface area contributed by atoms with Crippen molar-refractivity contribution in [2.24, 2.45) is 0 Å². The highest BCUT2D eigenvalue weighted by molar-refractivity contribution is 5.90. The quantitative estimate of drug-likeness (QED) is 0.720. The Kier molecular flexibility index (Phi) is 4.04. The number of nitrogens with one attached hydrogen (secondary N) is 1. The van der Waals surface area contributed by atoms with Crippen molar-refractivity contribution in [1.82, 2.24) is 15.1 Å². The highest BCUT2D eigenvalue weighted by Gasteiger charge is 2.28. The lowest BCUT2D eigenvalue weighted by atomic mass is 9.91. The summed E-state index contributed by atoms with van der Waals surface area (Å²) in [5, 5.41) is 9.20. The molecule has 5 nitrogen and oxygen atoms in total. The van der Waals surface area contributed by atoms with Crippen LogP contribution in [0.3, 0.4) is 0 Å². The summed E-state index contributed by atoms with van der Waals surface area (Å²) < 4.78 is 6.93. The molecule has 1 N–H and O–H groups in total. The topological polar surface area (TPSA) is 56.2 Å². The zero-order valence-corrected chi connectivity index (χ0v) is 15.3. The van der Waals surface area contributed by atoms with Gasteiger partial charge in [-0.2, -0.15) is 9.78 Å². The van der Waals surface area contributed by atoms with E-state index in [1.165, 1.54) is 15.8 Å². The molecule has 1 aliphatic heterocycles. The first-order valence-corrected chi connectivity index (χ1v) is 8.96. The summed E-state index contributed by atoms with van der Waals surface area (Å²) in [7, 11) is 0. The summed E-state index contributed by atoms with van der Waals surface area (Å²) in [6.07, 6.45) is 0.543. The smallest absolute Gasteiger partial charge is 0.435 e. The van der Waals surface area contributed by atoms with Gasteiger partial charge in [0.25, 0.3) is 0 Å². The zero-order valence-electron chi connectivity index (χ0n) is 15.3. The second-order valence-electron chi connectivity index (χ2n) is 7.63. The standard InChI is InChI=1S/C21H23N3O2/c1-21(2,3)26-20(25)24-17-11-7-6-10-16(17)19(23-24)18-15-9-5-4-8-14(15)12-13-22-18/h4-11,18,22H,12-13H2,1-3H3. The van der Waals surface area contributed by atoms with E-state index >= 15 is 0 Å². The van der Waals surface area contributed by atoms with E-state index in [0.29, 0.717) is 0 Å². The van der Waals surface area contributed by atoms with Gasteiger partial charge < -0.3 is 10.1 Å². The predicted molar refractivity (Wildman–Crippen MR) is 101 cm³/mol. The molecule has 0 aliphatic carbocycles. The molecular formula is C21H23N3O2. The van der Waals surface area contributed by atoms with Gasteiger partial charge in [-0.3, -0.25) is 0 Å². The van der Waals surface area contributed by atoms with Crippen molar-refractivity contribution in [3.63, 3.8) is 0 Å². The Morgan fingerprint density at radius 1 is 1.15 bits per heavy atom. The normalized spacial score (nSPS) is 17.1. The van der Waals surface area contributed by atoms with Gasteiger partial charge in [0.15, 0.2) is 0 Å². The second-order valence-corrected chi connectivity index (χ2v) is 7.63. The van der Waals surface area contributed by atoms with Crippen LogP contribution in [-0.4, -0.2) is 28.0 Å². The Bertz CT molecular complexity index is 969. The minimum absolute atomic E-state index is 0.0338. The van der Waals surface area contributed by atoms with Crippen LogP contribution in [0, 0.1) is 0 Å². The van der Waals surface area contributed by atoms with Crippen LogP contribution >= 0.6 is 0 Å². The summed E-state index contributed by atoms with van der Waals surface area (Å²) in [6.45, 7) is 6.46. The van der Waals surface area contributed by atoms with Crippen LogP contribution in [0.4, 0.5) is 4.79 Å². The molecule has 0 bridgehead atoms. The molecule has 2 heterocycles. The summed E-state index contributed by atoms with van der Waals surface area (Å²) in [5.41, 5.74) is 3.60. The molecule has 0 radical (unpaired) electrons. The van der Waals surface area contributed by atoms with Crippen LogP contribution in [0.25, 0.3) is 10.9 Å². The van der Waals surface area contributed by atoms with Crippen LogP contribution in [0.5, 0.6) is 0 Å². The van der Waals surface area contributed by atoms with E-state index in [1.807, 2.05) is 51.1 Å². The molecule has 2 aromatic carbocycles. The molecule has 1 atom stereocenters. The van der Waals surface area contributed by atoms with Crippen LogP contribution < -0.4 is 5.32 Å². The molecule has 5 heteroatoms. The van der Waals surface area contributed by atoms with Gasteiger partial charge in [-0.15, -0.1) is 0 Å². The number of fused-ring (bicyclic) bond motifs is 2. The molecule has 1 unspecified atom stereocenters. The Morgan fingerprint density at radius 3 is 2.69 bits per heavy atom. The lowest BCUT2D eigenvalue weighted by Crippen LogP contribution is -2.31. The molecule has 26 heavy (non-hydrogen) atoms. The van der Waals surface area contributed by atoms with E-state index in [-0.39, 0.29) is 6.04 Å². The molecule has 1 aliphatic rings. The highest BCUT2D eigenvalue weighted by atomic mass is 16.6. The summed E-state index contributed by atoms with van der Waals surface area (Å²) in [6, 6.07) is 16.2. The maximum Gasteiger partial charge on any atom is 0.435 e. The first kappa shape index (κ1) is 16.8. The SMILES string of the molecule is CC(C)(C)OC(=O)n1nc(C2NCCc3ccccc32)c2ccccc21. The average Bonchev–Trinajstić information content (AvgIpc) is 2.99. The van der Waals surface area contributed by atoms with E-state index in [1.54, 1.807) is 0 Å². The number of nitrogens with zero attached hydrogens (tertiary/aromatic N) is 2. The van der Waals surface area contributed by atoms with E-state index in [2.05, 4.69) is 28.6 Å². The van der Waals surface area contributed by atoms with Crippen LogP contribution in [0.1, 0.15) is 43.6 Å². The third-order valence-electron chi connectivity index (χ3n) is 4.56. The lowest BCUT2D eigenvalue weighted by molar-refractivity contribution is 0.0521. The number of para-hydroxylation sites is 1. The van der Waals surface area contributed by atoms with E-state index < -0.39 is 11.7 Å². The summed E-state index contributed by atoms with van der Waals surface area (Å²) in [4.78, 5) is 12.7. The Hall–Kier alpha value is -2.66. The molecular weight excluding hydrogens is 326 g/mol. The van der Waals surface area contributed by atoms with E-state index in [4.69, 9.17) is 4.74 Å². The number of hydrogen-bond donors (Lipinski definition) is 1. The fourth-order valence-corrected chi connectivity index (χ4v) is 3.50. The zero-order chi connectivity index (χ0) is 18.3. The lowest BCUT2D eigenvalue weighted by Gasteiger charge is -2.26. The van der Waals surface area contributed by atoms with Crippen LogP contribution in [-0.2, 0) is 11.2 Å². The van der Waals surface area contributed by atoms with Crippen molar-refractivity contribution in [3.05, 3.63) is 65.4 Å². The van der Waals surface area contributed by atoms with Gasteiger partial charge in [-0.1, -0.05) is 42.5 Å². The predicted octanol–water partition coefficient (Wildman–Crippen LogP) is 4.05. The number of aromatic nitrogens is 2. The first-order chi connectivity index (χ1) is 12.4. The van der Waals surface area contributed by atoms with E-state index in [0.717, 1.165) is 29.6 Å².